The zero-order chi connectivity index (χ0) is 9.52. The fourth-order valence-electron chi connectivity index (χ4n) is 0.695. The van der Waals surface area contributed by atoms with Gasteiger partial charge < -0.3 is 9.84 Å². The van der Waals surface area contributed by atoms with Crippen LogP contribution in [0.15, 0.2) is 9.85 Å². The highest BCUT2D eigenvalue weighted by Crippen LogP contribution is 2.19. The second-order valence-corrected chi connectivity index (χ2v) is 4.43. The Morgan fingerprint density at radius 1 is 1.77 bits per heavy atom. The van der Waals surface area contributed by atoms with Crippen LogP contribution in [0.4, 0.5) is 0 Å². The van der Waals surface area contributed by atoms with Gasteiger partial charge in [0, 0.05) is 12.4 Å². The zero-order valence-corrected chi connectivity index (χ0v) is 8.98. The first kappa shape index (κ1) is 10.9. The molecule has 0 saturated carbocycles. The molecule has 0 fully saturated rings. The van der Waals surface area contributed by atoms with E-state index in [-0.39, 0.29) is 0 Å². The Morgan fingerprint density at radius 2 is 2.62 bits per heavy atom. The predicted octanol–water partition coefficient (Wildman–Crippen LogP) is 1.03. The SMILES string of the molecule is CCOC[C@H](O)CSc1nncs1. The summed E-state index contributed by atoms with van der Waals surface area (Å²) >= 11 is 2.98. The Balaban J connectivity index is 2.11. The molecule has 1 rings (SSSR count). The van der Waals surface area contributed by atoms with Crippen molar-refractivity contribution in [1.82, 2.24) is 10.2 Å². The van der Waals surface area contributed by atoms with Crippen LogP contribution >= 0.6 is 23.1 Å². The molecule has 0 spiro atoms. The van der Waals surface area contributed by atoms with Crippen LogP contribution in [0.2, 0.25) is 0 Å². The number of aliphatic hydroxyl groups is 1. The van der Waals surface area contributed by atoms with Crippen LogP contribution in [0.1, 0.15) is 6.92 Å². The predicted molar refractivity (Wildman–Crippen MR) is 53.1 cm³/mol. The van der Waals surface area contributed by atoms with Crippen molar-refractivity contribution in [2.45, 2.75) is 17.4 Å². The first-order valence-electron chi connectivity index (χ1n) is 3.97. The Hall–Kier alpha value is -0.170. The molecule has 0 aliphatic rings. The van der Waals surface area contributed by atoms with Gasteiger partial charge in [-0.2, -0.15) is 0 Å². The lowest BCUT2D eigenvalue weighted by atomic mass is 10.4. The number of aromatic nitrogens is 2. The van der Waals surface area contributed by atoms with Crippen molar-refractivity contribution in [3.63, 3.8) is 0 Å². The first-order chi connectivity index (χ1) is 6.33. The second kappa shape index (κ2) is 6.31. The molecule has 1 atom stereocenters. The molecule has 0 saturated heterocycles. The van der Waals surface area contributed by atoms with Gasteiger partial charge in [0.1, 0.15) is 5.51 Å². The third-order valence-corrected chi connectivity index (χ3v) is 3.26. The van der Waals surface area contributed by atoms with Gasteiger partial charge in [-0.1, -0.05) is 23.1 Å². The molecule has 0 amide bonds. The van der Waals surface area contributed by atoms with Crippen LogP contribution in [0.5, 0.6) is 0 Å². The Labute approximate surface area is 85.3 Å². The summed E-state index contributed by atoms with van der Waals surface area (Å²) in [5.41, 5.74) is 1.68. The zero-order valence-electron chi connectivity index (χ0n) is 7.34. The average molecular weight is 220 g/mol. The molecule has 1 aromatic heterocycles. The van der Waals surface area contributed by atoms with Crippen LogP contribution in [0, 0.1) is 0 Å². The summed E-state index contributed by atoms with van der Waals surface area (Å²) in [5.74, 6) is 0.606. The van der Waals surface area contributed by atoms with E-state index in [1.54, 1.807) is 5.51 Å². The maximum Gasteiger partial charge on any atom is 0.174 e. The topological polar surface area (TPSA) is 55.2 Å². The third kappa shape index (κ3) is 4.56. The minimum atomic E-state index is -0.422. The molecule has 1 N–H and O–H groups in total. The summed E-state index contributed by atoms with van der Waals surface area (Å²) < 4.78 is 5.95. The monoisotopic (exact) mass is 220 g/mol. The van der Waals surface area contributed by atoms with E-state index in [0.717, 1.165) is 4.34 Å². The van der Waals surface area contributed by atoms with Gasteiger partial charge in [0.15, 0.2) is 4.34 Å². The molecular weight excluding hydrogens is 208 g/mol. The van der Waals surface area contributed by atoms with Gasteiger partial charge in [0.2, 0.25) is 0 Å². The van der Waals surface area contributed by atoms with Gasteiger partial charge >= 0.3 is 0 Å². The number of nitrogens with zero attached hydrogens (tertiary/aromatic N) is 2. The summed E-state index contributed by atoms with van der Waals surface area (Å²) in [4.78, 5) is 0. The van der Waals surface area contributed by atoms with Crippen molar-refractivity contribution >= 4 is 23.1 Å². The Bertz CT molecular complexity index is 218. The number of ether oxygens (including phenoxy) is 1. The molecule has 6 heteroatoms. The molecule has 0 aliphatic carbocycles. The largest absolute Gasteiger partial charge is 0.390 e. The first-order valence-corrected chi connectivity index (χ1v) is 5.84. The summed E-state index contributed by atoms with van der Waals surface area (Å²) in [7, 11) is 0. The van der Waals surface area contributed by atoms with Gasteiger partial charge in [-0.3, -0.25) is 0 Å². The van der Waals surface area contributed by atoms with Crippen molar-refractivity contribution in [2.24, 2.45) is 0 Å². The number of hydrogen-bond acceptors (Lipinski definition) is 6. The summed E-state index contributed by atoms with van der Waals surface area (Å²) in [6.45, 7) is 2.94. The van der Waals surface area contributed by atoms with E-state index in [2.05, 4.69) is 10.2 Å². The fourth-order valence-corrected chi connectivity index (χ4v) is 2.12. The lowest BCUT2D eigenvalue weighted by molar-refractivity contribution is 0.0551. The minimum Gasteiger partial charge on any atom is -0.390 e. The van der Waals surface area contributed by atoms with Crippen molar-refractivity contribution in [2.75, 3.05) is 19.0 Å². The highest BCUT2D eigenvalue weighted by molar-refractivity contribution is 8.01. The minimum absolute atomic E-state index is 0.391. The lowest BCUT2D eigenvalue weighted by Gasteiger charge is -2.07. The molecule has 0 radical (unpaired) electrons. The third-order valence-electron chi connectivity index (χ3n) is 1.25. The van der Waals surface area contributed by atoms with Crippen LogP contribution in [0.3, 0.4) is 0 Å². The molecule has 13 heavy (non-hydrogen) atoms. The molecule has 1 heterocycles. The van der Waals surface area contributed by atoms with Crippen LogP contribution in [-0.2, 0) is 4.74 Å². The highest BCUT2D eigenvalue weighted by atomic mass is 32.2. The summed E-state index contributed by atoms with van der Waals surface area (Å²) in [6, 6.07) is 0. The smallest absolute Gasteiger partial charge is 0.174 e. The van der Waals surface area contributed by atoms with E-state index in [0.29, 0.717) is 19.0 Å². The summed E-state index contributed by atoms with van der Waals surface area (Å²) in [6.07, 6.45) is -0.422. The Morgan fingerprint density at radius 3 is 3.23 bits per heavy atom. The van der Waals surface area contributed by atoms with Crippen molar-refractivity contribution < 1.29 is 9.84 Å². The van der Waals surface area contributed by atoms with Gasteiger partial charge in [0.05, 0.1) is 12.7 Å². The van der Waals surface area contributed by atoms with E-state index in [4.69, 9.17) is 4.74 Å². The molecule has 4 nitrogen and oxygen atoms in total. The highest BCUT2D eigenvalue weighted by Gasteiger charge is 2.06. The van der Waals surface area contributed by atoms with Crippen LogP contribution < -0.4 is 0 Å². The van der Waals surface area contributed by atoms with Crippen LogP contribution in [-0.4, -0.2) is 40.4 Å². The molecular formula is C7H12N2O2S2. The maximum absolute atomic E-state index is 9.39. The van der Waals surface area contributed by atoms with E-state index in [9.17, 15) is 5.11 Å². The number of aliphatic hydroxyl groups excluding tert-OH is 1. The van der Waals surface area contributed by atoms with Gasteiger partial charge in [-0.05, 0) is 6.92 Å². The molecule has 0 bridgehead atoms. The maximum atomic E-state index is 9.39. The van der Waals surface area contributed by atoms with E-state index in [1.807, 2.05) is 6.92 Å². The molecule has 0 aromatic carbocycles. The molecule has 0 unspecified atom stereocenters. The standard InChI is InChI=1S/C7H12N2O2S2/c1-2-11-3-6(10)4-12-7-9-8-5-13-7/h5-6,10H,2-4H2,1H3/t6-/m0/s1. The number of rotatable bonds is 6. The van der Waals surface area contributed by atoms with Crippen molar-refractivity contribution in [3.05, 3.63) is 5.51 Å². The molecule has 1 aromatic rings. The van der Waals surface area contributed by atoms with E-state index < -0.39 is 6.10 Å². The van der Waals surface area contributed by atoms with Gasteiger partial charge in [0.25, 0.3) is 0 Å². The van der Waals surface area contributed by atoms with Gasteiger partial charge in [-0.25, -0.2) is 0 Å². The van der Waals surface area contributed by atoms with E-state index >= 15 is 0 Å². The number of hydrogen-bond donors (Lipinski definition) is 1. The normalized spacial score (nSPS) is 13.1. The van der Waals surface area contributed by atoms with E-state index in [1.165, 1.54) is 23.1 Å². The molecule has 0 aliphatic heterocycles. The number of thioether (sulfide) groups is 1. The lowest BCUT2D eigenvalue weighted by Crippen LogP contribution is -2.17. The quantitative estimate of drug-likeness (QED) is 0.726. The summed E-state index contributed by atoms with van der Waals surface area (Å²) in [5, 5.41) is 16.9. The van der Waals surface area contributed by atoms with Crippen molar-refractivity contribution in [1.29, 1.82) is 0 Å². The fraction of sp³-hybridized carbons (Fsp3) is 0.714. The van der Waals surface area contributed by atoms with Gasteiger partial charge in [-0.15, -0.1) is 10.2 Å². The Kier molecular flexibility index (Phi) is 5.29. The second-order valence-electron chi connectivity index (χ2n) is 2.33. The van der Waals surface area contributed by atoms with Crippen molar-refractivity contribution in [3.8, 4) is 0 Å². The molecule has 74 valence electrons. The van der Waals surface area contributed by atoms with Crippen LogP contribution in [0.25, 0.3) is 0 Å². The average Bonchev–Trinajstić information content (AvgIpc) is 2.64.